The van der Waals surface area contributed by atoms with Crippen LogP contribution in [-0.4, -0.2) is 5.11 Å². The topological polar surface area (TPSA) is 20.2 Å². The first-order valence-corrected chi connectivity index (χ1v) is 5.52. The quantitative estimate of drug-likeness (QED) is 0.804. The third kappa shape index (κ3) is 2.15. The summed E-state index contributed by atoms with van der Waals surface area (Å²) in [7, 11) is 0. The van der Waals surface area contributed by atoms with E-state index in [2.05, 4.69) is 31.2 Å². The highest BCUT2D eigenvalue weighted by Crippen LogP contribution is 2.28. The molecule has 0 aliphatic heterocycles. The van der Waals surface area contributed by atoms with Gasteiger partial charge in [-0.25, -0.2) is 0 Å². The molecule has 0 spiro atoms. The van der Waals surface area contributed by atoms with E-state index in [1.165, 1.54) is 5.56 Å². The number of aliphatic hydroxyl groups excluding tert-OH is 1. The molecule has 2 aromatic rings. The van der Waals surface area contributed by atoms with Crippen molar-refractivity contribution in [3.8, 4) is 11.1 Å². The van der Waals surface area contributed by atoms with Crippen molar-refractivity contribution in [2.24, 2.45) is 0 Å². The van der Waals surface area contributed by atoms with Gasteiger partial charge < -0.3 is 5.11 Å². The van der Waals surface area contributed by atoms with Crippen molar-refractivity contribution in [2.45, 2.75) is 20.0 Å². The predicted octanol–water partition coefficient (Wildman–Crippen LogP) is 3.72. The van der Waals surface area contributed by atoms with E-state index < -0.39 is 6.10 Å². The molecule has 1 unspecified atom stereocenters. The molecule has 0 aliphatic carbocycles. The van der Waals surface area contributed by atoms with E-state index in [1.54, 1.807) is 6.92 Å². The minimum absolute atomic E-state index is 0.433. The van der Waals surface area contributed by atoms with Crippen LogP contribution in [-0.2, 0) is 0 Å². The fourth-order valence-electron chi connectivity index (χ4n) is 1.86. The molecular weight excluding hydrogens is 196 g/mol. The molecule has 0 fully saturated rings. The summed E-state index contributed by atoms with van der Waals surface area (Å²) in [6, 6.07) is 16.3. The zero-order chi connectivity index (χ0) is 11.5. The van der Waals surface area contributed by atoms with Crippen LogP contribution in [0, 0.1) is 6.92 Å². The molecule has 0 heterocycles. The molecule has 0 bridgehead atoms. The number of hydrogen-bond acceptors (Lipinski definition) is 1. The van der Waals surface area contributed by atoms with Gasteiger partial charge in [-0.2, -0.15) is 0 Å². The highest BCUT2D eigenvalue weighted by Gasteiger charge is 2.08. The summed E-state index contributed by atoms with van der Waals surface area (Å²) in [5, 5.41) is 9.72. The van der Waals surface area contributed by atoms with Crippen molar-refractivity contribution in [3.63, 3.8) is 0 Å². The van der Waals surface area contributed by atoms with Crippen molar-refractivity contribution < 1.29 is 5.11 Å². The number of benzene rings is 2. The minimum Gasteiger partial charge on any atom is -0.389 e. The van der Waals surface area contributed by atoms with Gasteiger partial charge in [-0.15, -0.1) is 0 Å². The van der Waals surface area contributed by atoms with Crippen molar-refractivity contribution in [2.75, 3.05) is 0 Å². The lowest BCUT2D eigenvalue weighted by Gasteiger charge is -2.12. The second kappa shape index (κ2) is 4.50. The first-order chi connectivity index (χ1) is 7.68. The average Bonchev–Trinajstić information content (AvgIpc) is 2.30. The molecule has 1 nitrogen and oxygen atoms in total. The molecule has 2 aromatic carbocycles. The second-order valence-corrected chi connectivity index (χ2v) is 4.13. The monoisotopic (exact) mass is 212 g/mol. The molecule has 0 aromatic heterocycles. The van der Waals surface area contributed by atoms with Gasteiger partial charge in [0.25, 0.3) is 0 Å². The zero-order valence-electron chi connectivity index (χ0n) is 9.64. The van der Waals surface area contributed by atoms with Crippen LogP contribution in [0.3, 0.4) is 0 Å². The van der Waals surface area contributed by atoms with Crippen molar-refractivity contribution in [1.82, 2.24) is 0 Å². The summed E-state index contributed by atoms with van der Waals surface area (Å²) in [6.45, 7) is 3.87. The van der Waals surface area contributed by atoms with Gasteiger partial charge in [0.2, 0.25) is 0 Å². The van der Waals surface area contributed by atoms with Gasteiger partial charge in [-0.3, -0.25) is 0 Å². The zero-order valence-corrected chi connectivity index (χ0v) is 9.64. The lowest BCUT2D eigenvalue weighted by molar-refractivity contribution is 0.200. The molecule has 16 heavy (non-hydrogen) atoms. The fourth-order valence-corrected chi connectivity index (χ4v) is 1.86. The Kier molecular flexibility index (Phi) is 3.07. The normalized spacial score (nSPS) is 12.4. The van der Waals surface area contributed by atoms with E-state index >= 15 is 0 Å². The van der Waals surface area contributed by atoms with Gasteiger partial charge >= 0.3 is 0 Å². The molecular formula is C15H16O. The van der Waals surface area contributed by atoms with Crippen LogP contribution >= 0.6 is 0 Å². The summed E-state index contributed by atoms with van der Waals surface area (Å²) in [4.78, 5) is 0. The Balaban J connectivity index is 2.51. The van der Waals surface area contributed by atoms with Crippen LogP contribution in [0.1, 0.15) is 24.2 Å². The van der Waals surface area contributed by atoms with Crippen LogP contribution in [0.2, 0.25) is 0 Å². The van der Waals surface area contributed by atoms with Crippen molar-refractivity contribution in [3.05, 3.63) is 59.7 Å². The summed E-state index contributed by atoms with van der Waals surface area (Å²) >= 11 is 0. The standard InChI is InChI=1S/C15H16O/c1-11-7-9-13(10-8-11)15-6-4-3-5-14(15)12(2)16/h3-10,12,16H,1-2H3. The third-order valence-corrected chi connectivity index (χ3v) is 2.77. The molecule has 1 heteroatoms. The summed E-state index contributed by atoms with van der Waals surface area (Å²) in [5.41, 5.74) is 4.49. The van der Waals surface area contributed by atoms with E-state index in [4.69, 9.17) is 0 Å². The fraction of sp³-hybridized carbons (Fsp3) is 0.200. The smallest absolute Gasteiger partial charge is 0.0767 e. The Morgan fingerprint density at radius 3 is 2.19 bits per heavy atom. The Morgan fingerprint density at radius 1 is 0.938 bits per heavy atom. The molecule has 0 saturated heterocycles. The van der Waals surface area contributed by atoms with Crippen molar-refractivity contribution in [1.29, 1.82) is 0 Å². The number of aryl methyl sites for hydroxylation is 1. The van der Waals surface area contributed by atoms with Gasteiger partial charge in [-0.05, 0) is 30.5 Å². The van der Waals surface area contributed by atoms with Crippen LogP contribution in [0.4, 0.5) is 0 Å². The van der Waals surface area contributed by atoms with E-state index in [0.29, 0.717) is 0 Å². The highest BCUT2D eigenvalue weighted by atomic mass is 16.3. The lowest BCUT2D eigenvalue weighted by atomic mass is 9.96. The summed E-state index contributed by atoms with van der Waals surface area (Å²) in [5.74, 6) is 0. The SMILES string of the molecule is Cc1ccc(-c2ccccc2C(C)O)cc1. The molecule has 2 rings (SSSR count). The second-order valence-electron chi connectivity index (χ2n) is 4.13. The van der Waals surface area contributed by atoms with E-state index in [-0.39, 0.29) is 0 Å². The predicted molar refractivity (Wildman–Crippen MR) is 67.2 cm³/mol. The maximum atomic E-state index is 9.72. The molecule has 0 aliphatic rings. The third-order valence-electron chi connectivity index (χ3n) is 2.77. The van der Waals surface area contributed by atoms with Gasteiger partial charge in [0, 0.05) is 0 Å². The van der Waals surface area contributed by atoms with Gasteiger partial charge in [-0.1, -0.05) is 54.1 Å². The number of aliphatic hydroxyl groups is 1. The molecule has 1 atom stereocenters. The Hall–Kier alpha value is -1.60. The maximum absolute atomic E-state index is 9.72. The minimum atomic E-state index is -0.433. The molecule has 0 radical (unpaired) electrons. The largest absolute Gasteiger partial charge is 0.389 e. The molecule has 0 amide bonds. The summed E-state index contributed by atoms with van der Waals surface area (Å²) in [6.07, 6.45) is -0.433. The average molecular weight is 212 g/mol. The van der Waals surface area contributed by atoms with E-state index in [9.17, 15) is 5.11 Å². The van der Waals surface area contributed by atoms with Gasteiger partial charge in [0.05, 0.1) is 6.10 Å². The summed E-state index contributed by atoms with van der Waals surface area (Å²) < 4.78 is 0. The maximum Gasteiger partial charge on any atom is 0.0767 e. The molecule has 0 saturated carbocycles. The Bertz CT molecular complexity index is 469. The van der Waals surface area contributed by atoms with Gasteiger partial charge in [0.1, 0.15) is 0 Å². The molecule has 1 N–H and O–H groups in total. The van der Waals surface area contributed by atoms with Crippen LogP contribution in [0.25, 0.3) is 11.1 Å². The Morgan fingerprint density at radius 2 is 1.56 bits per heavy atom. The Labute approximate surface area is 96.4 Å². The van der Waals surface area contributed by atoms with Crippen LogP contribution in [0.15, 0.2) is 48.5 Å². The first kappa shape index (κ1) is 10.9. The van der Waals surface area contributed by atoms with Gasteiger partial charge in [0.15, 0.2) is 0 Å². The lowest BCUT2D eigenvalue weighted by Crippen LogP contribution is -1.94. The highest BCUT2D eigenvalue weighted by molar-refractivity contribution is 5.67. The number of rotatable bonds is 2. The van der Waals surface area contributed by atoms with Crippen LogP contribution in [0.5, 0.6) is 0 Å². The van der Waals surface area contributed by atoms with Crippen molar-refractivity contribution >= 4 is 0 Å². The number of hydrogen-bond donors (Lipinski definition) is 1. The molecule has 82 valence electrons. The van der Waals surface area contributed by atoms with Crippen LogP contribution < -0.4 is 0 Å². The first-order valence-electron chi connectivity index (χ1n) is 5.52. The van der Waals surface area contributed by atoms with E-state index in [0.717, 1.165) is 16.7 Å². The van der Waals surface area contributed by atoms with E-state index in [1.807, 2.05) is 24.3 Å².